The first-order chi connectivity index (χ1) is 25.2. The maximum Gasteiger partial charge on any atom is 0.306 e. The van der Waals surface area contributed by atoms with E-state index < -0.39 is 6.10 Å². The van der Waals surface area contributed by atoms with E-state index in [1.165, 1.54) is 135 Å². The molecule has 0 aromatic rings. The van der Waals surface area contributed by atoms with Crippen LogP contribution in [0.25, 0.3) is 0 Å². The molecular weight excluding hydrogens is 649 g/mol. The van der Waals surface area contributed by atoms with E-state index in [9.17, 15) is 14.4 Å². The first-order valence-electron chi connectivity index (χ1n) is 22.7. The van der Waals surface area contributed by atoms with Crippen LogP contribution in [0, 0.1) is 11.8 Å². The average Bonchev–Trinajstić information content (AvgIpc) is 3.11. The van der Waals surface area contributed by atoms with Crippen LogP contribution in [0.4, 0.5) is 0 Å². The number of ether oxygens (including phenoxy) is 3. The summed E-state index contributed by atoms with van der Waals surface area (Å²) in [5.74, 6) is 0.738. The van der Waals surface area contributed by atoms with Gasteiger partial charge in [-0.3, -0.25) is 14.4 Å². The third kappa shape index (κ3) is 39.6. The molecule has 6 heteroatoms. The Morgan fingerprint density at radius 1 is 0.365 bits per heavy atom. The van der Waals surface area contributed by atoms with Crippen LogP contribution in [-0.4, -0.2) is 37.2 Å². The Hall–Kier alpha value is -1.59. The molecule has 0 aliphatic rings. The zero-order valence-corrected chi connectivity index (χ0v) is 35.4. The molecule has 1 atom stereocenters. The maximum atomic E-state index is 12.7. The molecule has 0 aromatic carbocycles. The second kappa shape index (κ2) is 39.1. The Kier molecular flexibility index (Phi) is 37.9. The molecule has 0 aliphatic heterocycles. The maximum absolute atomic E-state index is 12.7. The van der Waals surface area contributed by atoms with E-state index in [1.807, 2.05) is 0 Å². The zero-order chi connectivity index (χ0) is 38.3. The van der Waals surface area contributed by atoms with Crippen molar-refractivity contribution >= 4 is 17.9 Å². The quantitative estimate of drug-likeness (QED) is 0.0354. The minimum atomic E-state index is -0.760. The van der Waals surface area contributed by atoms with Crippen molar-refractivity contribution in [3.05, 3.63) is 0 Å². The van der Waals surface area contributed by atoms with Gasteiger partial charge in [0.05, 0.1) is 0 Å². The molecule has 0 spiro atoms. The average molecular weight is 737 g/mol. The molecule has 0 saturated carbocycles. The van der Waals surface area contributed by atoms with E-state index in [0.717, 1.165) is 69.6 Å². The summed E-state index contributed by atoms with van der Waals surface area (Å²) in [5.41, 5.74) is 0. The summed E-state index contributed by atoms with van der Waals surface area (Å²) >= 11 is 0. The summed E-state index contributed by atoms with van der Waals surface area (Å²) in [4.78, 5) is 37.6. The Balaban J connectivity index is 4.28. The van der Waals surface area contributed by atoms with E-state index in [4.69, 9.17) is 14.2 Å². The highest BCUT2D eigenvalue weighted by molar-refractivity contribution is 5.71. The van der Waals surface area contributed by atoms with Crippen molar-refractivity contribution in [3.8, 4) is 0 Å². The van der Waals surface area contributed by atoms with Crippen LogP contribution in [0.3, 0.4) is 0 Å². The van der Waals surface area contributed by atoms with Gasteiger partial charge in [0.2, 0.25) is 0 Å². The van der Waals surface area contributed by atoms with Crippen LogP contribution in [0.5, 0.6) is 0 Å². The van der Waals surface area contributed by atoms with Crippen molar-refractivity contribution in [1.29, 1.82) is 0 Å². The number of esters is 3. The highest BCUT2D eigenvalue weighted by atomic mass is 16.6. The lowest BCUT2D eigenvalue weighted by Gasteiger charge is -2.18. The van der Waals surface area contributed by atoms with Gasteiger partial charge in [-0.2, -0.15) is 0 Å². The molecule has 0 rings (SSSR count). The molecule has 0 saturated heterocycles. The van der Waals surface area contributed by atoms with Gasteiger partial charge in [0.1, 0.15) is 13.2 Å². The number of hydrogen-bond acceptors (Lipinski definition) is 6. The molecule has 0 heterocycles. The molecule has 0 radical (unpaired) electrons. The largest absolute Gasteiger partial charge is 0.462 e. The van der Waals surface area contributed by atoms with Crippen molar-refractivity contribution < 1.29 is 28.6 Å². The molecule has 0 bridgehead atoms. The minimum Gasteiger partial charge on any atom is -0.462 e. The van der Waals surface area contributed by atoms with E-state index in [-0.39, 0.29) is 31.1 Å². The van der Waals surface area contributed by atoms with E-state index >= 15 is 0 Å². The minimum absolute atomic E-state index is 0.0657. The molecular formula is C46H88O6. The lowest BCUT2D eigenvalue weighted by Crippen LogP contribution is -2.30. The van der Waals surface area contributed by atoms with Crippen LogP contribution in [0.1, 0.15) is 247 Å². The number of rotatable bonds is 40. The normalized spacial score (nSPS) is 12.1. The monoisotopic (exact) mass is 737 g/mol. The fourth-order valence-corrected chi connectivity index (χ4v) is 6.75. The van der Waals surface area contributed by atoms with Gasteiger partial charge in [0, 0.05) is 19.3 Å². The number of hydrogen-bond donors (Lipinski definition) is 0. The predicted molar refractivity (Wildman–Crippen MR) is 220 cm³/mol. The molecule has 0 N–H and O–H groups in total. The lowest BCUT2D eigenvalue weighted by atomic mass is 10.0. The number of carbonyl (C=O) groups excluding carboxylic acids is 3. The van der Waals surface area contributed by atoms with Gasteiger partial charge < -0.3 is 14.2 Å². The first kappa shape index (κ1) is 50.4. The van der Waals surface area contributed by atoms with Crippen molar-refractivity contribution in [2.45, 2.75) is 253 Å². The molecule has 52 heavy (non-hydrogen) atoms. The molecule has 0 unspecified atom stereocenters. The molecule has 6 nitrogen and oxygen atoms in total. The van der Waals surface area contributed by atoms with E-state index in [2.05, 4.69) is 34.6 Å². The summed E-state index contributed by atoms with van der Waals surface area (Å²) in [5, 5.41) is 0. The second-order valence-electron chi connectivity index (χ2n) is 16.6. The SMILES string of the molecule is CCCCCCCCCCCC(=O)OC[C@@H](COC(=O)CCCCCCCCC(C)C)OC(=O)CCCCCCCCCCCCCCCC(C)C. The van der Waals surface area contributed by atoms with Crippen molar-refractivity contribution in [2.75, 3.05) is 13.2 Å². The third-order valence-electron chi connectivity index (χ3n) is 10.2. The van der Waals surface area contributed by atoms with Crippen molar-refractivity contribution in [2.24, 2.45) is 11.8 Å². The van der Waals surface area contributed by atoms with Crippen LogP contribution in [-0.2, 0) is 28.6 Å². The van der Waals surface area contributed by atoms with Gasteiger partial charge >= 0.3 is 17.9 Å². The molecule has 308 valence electrons. The second-order valence-corrected chi connectivity index (χ2v) is 16.6. The van der Waals surface area contributed by atoms with Gasteiger partial charge in [-0.05, 0) is 31.1 Å². The highest BCUT2D eigenvalue weighted by Crippen LogP contribution is 2.16. The van der Waals surface area contributed by atoms with Gasteiger partial charge in [-0.15, -0.1) is 0 Å². The molecule has 0 amide bonds. The number of unbranched alkanes of at least 4 members (excludes halogenated alkanes) is 25. The van der Waals surface area contributed by atoms with E-state index in [0.29, 0.717) is 19.3 Å². The highest BCUT2D eigenvalue weighted by Gasteiger charge is 2.19. The Bertz CT molecular complexity index is 794. The first-order valence-corrected chi connectivity index (χ1v) is 22.7. The molecule has 0 aromatic heterocycles. The predicted octanol–water partition coefficient (Wildman–Crippen LogP) is 14.2. The summed E-state index contributed by atoms with van der Waals surface area (Å²) in [6.45, 7) is 11.3. The Morgan fingerprint density at radius 3 is 0.942 bits per heavy atom. The summed E-state index contributed by atoms with van der Waals surface area (Å²) in [7, 11) is 0. The van der Waals surface area contributed by atoms with Gasteiger partial charge in [-0.1, -0.05) is 208 Å². The fraction of sp³-hybridized carbons (Fsp3) is 0.935. The van der Waals surface area contributed by atoms with Crippen LogP contribution < -0.4 is 0 Å². The van der Waals surface area contributed by atoms with Gasteiger partial charge in [0.25, 0.3) is 0 Å². The molecule has 0 aliphatic carbocycles. The van der Waals surface area contributed by atoms with Gasteiger partial charge in [-0.25, -0.2) is 0 Å². The summed E-state index contributed by atoms with van der Waals surface area (Å²) < 4.78 is 16.7. The fourth-order valence-electron chi connectivity index (χ4n) is 6.75. The summed E-state index contributed by atoms with van der Waals surface area (Å²) in [6, 6.07) is 0. The standard InChI is InChI=1S/C46H88O6/c1-6-7-8-9-10-16-20-26-31-36-44(47)50-39-43(40-51-45(48)37-32-27-23-22-25-30-35-42(4)5)52-46(49)38-33-28-21-18-15-13-11-12-14-17-19-24-29-34-41(2)3/h41-43H,6-40H2,1-5H3/t43-/m0/s1. The van der Waals surface area contributed by atoms with Crippen LogP contribution >= 0.6 is 0 Å². The summed E-state index contributed by atoms with van der Waals surface area (Å²) in [6.07, 6.45) is 36.7. The Labute approximate surface area is 323 Å². The zero-order valence-electron chi connectivity index (χ0n) is 35.4. The topological polar surface area (TPSA) is 78.9 Å². The lowest BCUT2D eigenvalue weighted by molar-refractivity contribution is -0.167. The van der Waals surface area contributed by atoms with Crippen LogP contribution in [0.2, 0.25) is 0 Å². The molecule has 0 fully saturated rings. The van der Waals surface area contributed by atoms with Crippen molar-refractivity contribution in [3.63, 3.8) is 0 Å². The smallest absolute Gasteiger partial charge is 0.306 e. The van der Waals surface area contributed by atoms with E-state index in [1.54, 1.807) is 0 Å². The number of carbonyl (C=O) groups is 3. The Morgan fingerprint density at radius 2 is 0.635 bits per heavy atom. The van der Waals surface area contributed by atoms with Crippen molar-refractivity contribution in [1.82, 2.24) is 0 Å². The third-order valence-corrected chi connectivity index (χ3v) is 10.2. The van der Waals surface area contributed by atoms with Crippen LogP contribution in [0.15, 0.2) is 0 Å². The van der Waals surface area contributed by atoms with Gasteiger partial charge in [0.15, 0.2) is 6.10 Å².